The van der Waals surface area contributed by atoms with Gasteiger partial charge in [-0.2, -0.15) is 0 Å². The van der Waals surface area contributed by atoms with E-state index in [1.165, 1.54) is 5.56 Å². The number of carbonyl (C=O) groups is 1. The Morgan fingerprint density at radius 2 is 1.92 bits per heavy atom. The molecule has 5 heteroatoms. The molecule has 3 aliphatic rings. The van der Waals surface area contributed by atoms with Crippen LogP contribution >= 0.6 is 0 Å². The average Bonchev–Trinajstić information content (AvgIpc) is 2.69. The maximum atomic E-state index is 13.0. The summed E-state index contributed by atoms with van der Waals surface area (Å²) in [6.07, 6.45) is 3.78. The summed E-state index contributed by atoms with van der Waals surface area (Å²) in [5.74, 6) is 1.54. The van der Waals surface area contributed by atoms with Crippen LogP contribution in [0.3, 0.4) is 0 Å². The first-order valence-electron chi connectivity index (χ1n) is 10.1. The first-order chi connectivity index (χ1) is 12.7. The Balaban J connectivity index is 1.36. The SMILES string of the molecule is C[C@@H]1CN(C2CCOCC2)CCN1C(=O)C[C@@H]1CCOc2ccccc21. The molecule has 5 nitrogen and oxygen atoms in total. The van der Waals surface area contributed by atoms with Gasteiger partial charge in [-0.25, -0.2) is 0 Å². The normalized spacial score (nSPS) is 27.7. The van der Waals surface area contributed by atoms with E-state index in [1.54, 1.807) is 0 Å². The Labute approximate surface area is 156 Å². The number of benzene rings is 1. The molecule has 3 heterocycles. The lowest BCUT2D eigenvalue weighted by molar-refractivity contribution is -0.137. The second-order valence-corrected chi connectivity index (χ2v) is 7.85. The van der Waals surface area contributed by atoms with Crippen LogP contribution < -0.4 is 4.74 Å². The highest BCUT2D eigenvalue weighted by Crippen LogP contribution is 2.36. The van der Waals surface area contributed by atoms with Crippen molar-refractivity contribution in [1.82, 2.24) is 9.80 Å². The van der Waals surface area contributed by atoms with E-state index < -0.39 is 0 Å². The molecule has 0 saturated carbocycles. The van der Waals surface area contributed by atoms with Gasteiger partial charge in [0, 0.05) is 51.4 Å². The number of nitrogens with zero attached hydrogens (tertiary/aromatic N) is 2. The van der Waals surface area contributed by atoms with Gasteiger partial charge in [0.15, 0.2) is 0 Å². The fraction of sp³-hybridized carbons (Fsp3) is 0.667. The molecule has 0 radical (unpaired) electrons. The largest absolute Gasteiger partial charge is 0.493 e. The molecule has 1 aromatic rings. The monoisotopic (exact) mass is 358 g/mol. The van der Waals surface area contributed by atoms with Crippen LogP contribution in [-0.4, -0.2) is 67.2 Å². The smallest absolute Gasteiger partial charge is 0.223 e. The third kappa shape index (κ3) is 3.74. The minimum absolute atomic E-state index is 0.285. The van der Waals surface area contributed by atoms with Crippen LogP contribution in [-0.2, 0) is 9.53 Å². The highest BCUT2D eigenvalue weighted by molar-refractivity contribution is 5.78. The van der Waals surface area contributed by atoms with E-state index >= 15 is 0 Å². The number of rotatable bonds is 3. The molecule has 3 aliphatic heterocycles. The van der Waals surface area contributed by atoms with Crippen molar-refractivity contribution in [2.75, 3.05) is 39.5 Å². The van der Waals surface area contributed by atoms with Crippen molar-refractivity contribution in [1.29, 1.82) is 0 Å². The van der Waals surface area contributed by atoms with Gasteiger partial charge in [0.25, 0.3) is 0 Å². The van der Waals surface area contributed by atoms with Crippen molar-refractivity contribution < 1.29 is 14.3 Å². The zero-order valence-corrected chi connectivity index (χ0v) is 15.7. The van der Waals surface area contributed by atoms with E-state index in [0.29, 0.717) is 25.0 Å². The molecule has 0 spiro atoms. The highest BCUT2D eigenvalue weighted by Gasteiger charge is 2.33. The zero-order valence-electron chi connectivity index (χ0n) is 15.7. The van der Waals surface area contributed by atoms with Gasteiger partial charge in [-0.15, -0.1) is 0 Å². The molecule has 0 bridgehead atoms. The molecular weight excluding hydrogens is 328 g/mol. The summed E-state index contributed by atoms with van der Waals surface area (Å²) in [5, 5.41) is 0. The van der Waals surface area contributed by atoms with Crippen molar-refractivity contribution in [2.24, 2.45) is 0 Å². The Hall–Kier alpha value is -1.59. The summed E-state index contributed by atoms with van der Waals surface area (Å²) < 4.78 is 11.2. The van der Waals surface area contributed by atoms with Crippen LogP contribution in [0.2, 0.25) is 0 Å². The van der Waals surface area contributed by atoms with Crippen molar-refractivity contribution >= 4 is 5.91 Å². The number of hydrogen-bond acceptors (Lipinski definition) is 4. The summed E-state index contributed by atoms with van der Waals surface area (Å²) in [6, 6.07) is 9.08. The Bertz CT molecular complexity index is 629. The van der Waals surface area contributed by atoms with Crippen LogP contribution in [0.15, 0.2) is 24.3 Å². The van der Waals surface area contributed by atoms with E-state index in [4.69, 9.17) is 9.47 Å². The summed E-state index contributed by atoms with van der Waals surface area (Å²) in [5.41, 5.74) is 1.19. The predicted octanol–water partition coefficient (Wildman–Crippen LogP) is 2.65. The van der Waals surface area contributed by atoms with Gasteiger partial charge in [-0.3, -0.25) is 9.69 Å². The van der Waals surface area contributed by atoms with E-state index in [9.17, 15) is 4.79 Å². The number of fused-ring (bicyclic) bond motifs is 1. The maximum absolute atomic E-state index is 13.0. The zero-order chi connectivity index (χ0) is 17.9. The fourth-order valence-electron chi connectivity index (χ4n) is 4.69. The lowest BCUT2D eigenvalue weighted by Gasteiger charge is -2.44. The predicted molar refractivity (Wildman–Crippen MR) is 101 cm³/mol. The van der Waals surface area contributed by atoms with E-state index in [-0.39, 0.29) is 12.0 Å². The summed E-state index contributed by atoms with van der Waals surface area (Å²) in [7, 11) is 0. The summed E-state index contributed by atoms with van der Waals surface area (Å²) in [6.45, 7) is 7.49. The standard InChI is InChI=1S/C21H30N2O3/c1-16-15-22(18-7-11-25-12-8-18)9-10-23(16)21(24)14-17-6-13-26-20-5-3-2-4-19(17)20/h2-5,16-18H,6-15H2,1H3/t16-,17+/m1/s1. The first-order valence-corrected chi connectivity index (χ1v) is 10.1. The lowest BCUT2D eigenvalue weighted by atomic mass is 9.89. The highest BCUT2D eigenvalue weighted by atomic mass is 16.5. The molecule has 2 atom stereocenters. The van der Waals surface area contributed by atoms with Gasteiger partial charge >= 0.3 is 0 Å². The molecular formula is C21H30N2O3. The number of carbonyl (C=O) groups excluding carboxylic acids is 1. The van der Waals surface area contributed by atoms with E-state index in [1.807, 2.05) is 18.2 Å². The first kappa shape index (κ1) is 17.8. The minimum atomic E-state index is 0.285. The Kier molecular flexibility index (Phi) is 5.46. The second kappa shape index (κ2) is 7.97. The molecule has 2 fully saturated rings. The molecule has 0 N–H and O–H groups in total. The summed E-state index contributed by atoms with van der Waals surface area (Å²) >= 11 is 0. The van der Waals surface area contributed by atoms with Gasteiger partial charge < -0.3 is 14.4 Å². The maximum Gasteiger partial charge on any atom is 0.223 e. The molecule has 4 rings (SSSR count). The molecule has 26 heavy (non-hydrogen) atoms. The fourth-order valence-corrected chi connectivity index (χ4v) is 4.69. The van der Waals surface area contributed by atoms with Gasteiger partial charge in [-0.05, 0) is 43.7 Å². The summed E-state index contributed by atoms with van der Waals surface area (Å²) in [4.78, 5) is 17.7. The molecule has 1 aromatic carbocycles. The number of para-hydroxylation sites is 1. The molecule has 142 valence electrons. The number of ether oxygens (including phenoxy) is 2. The third-order valence-corrected chi connectivity index (χ3v) is 6.19. The number of piperazine rings is 1. The van der Waals surface area contributed by atoms with Crippen molar-refractivity contribution in [3.63, 3.8) is 0 Å². The molecule has 0 aliphatic carbocycles. The third-order valence-electron chi connectivity index (χ3n) is 6.19. The van der Waals surface area contributed by atoms with Gasteiger partial charge in [-0.1, -0.05) is 18.2 Å². The van der Waals surface area contributed by atoms with Crippen LogP contribution in [0.5, 0.6) is 5.75 Å². The van der Waals surface area contributed by atoms with Crippen LogP contribution in [0.1, 0.15) is 44.1 Å². The average molecular weight is 358 g/mol. The quantitative estimate of drug-likeness (QED) is 0.833. The van der Waals surface area contributed by atoms with E-state index in [2.05, 4.69) is 22.8 Å². The van der Waals surface area contributed by atoms with Crippen molar-refractivity contribution in [2.45, 2.75) is 50.6 Å². The lowest BCUT2D eigenvalue weighted by Crippen LogP contribution is -2.57. The minimum Gasteiger partial charge on any atom is -0.493 e. The topological polar surface area (TPSA) is 42.0 Å². The second-order valence-electron chi connectivity index (χ2n) is 7.85. The van der Waals surface area contributed by atoms with Crippen molar-refractivity contribution in [3.05, 3.63) is 29.8 Å². The Morgan fingerprint density at radius 1 is 1.12 bits per heavy atom. The van der Waals surface area contributed by atoms with Crippen molar-refractivity contribution in [3.8, 4) is 5.75 Å². The molecule has 0 unspecified atom stereocenters. The van der Waals surface area contributed by atoms with Gasteiger partial charge in [0.2, 0.25) is 5.91 Å². The Morgan fingerprint density at radius 3 is 2.73 bits per heavy atom. The van der Waals surface area contributed by atoms with Crippen LogP contribution in [0.25, 0.3) is 0 Å². The molecule has 0 aromatic heterocycles. The van der Waals surface area contributed by atoms with Gasteiger partial charge in [0.1, 0.15) is 5.75 Å². The van der Waals surface area contributed by atoms with Crippen LogP contribution in [0, 0.1) is 0 Å². The van der Waals surface area contributed by atoms with E-state index in [0.717, 1.165) is 57.9 Å². The number of hydrogen-bond donors (Lipinski definition) is 0. The molecule has 2 saturated heterocycles. The molecule has 1 amide bonds. The number of amides is 1. The van der Waals surface area contributed by atoms with Crippen LogP contribution in [0.4, 0.5) is 0 Å². The van der Waals surface area contributed by atoms with Gasteiger partial charge in [0.05, 0.1) is 6.61 Å².